The summed E-state index contributed by atoms with van der Waals surface area (Å²) in [5, 5.41) is 2.78. The van der Waals surface area contributed by atoms with E-state index in [9.17, 15) is 4.79 Å². The minimum absolute atomic E-state index is 0.0159. The second kappa shape index (κ2) is 7.34. The number of amides is 1. The molecule has 2 rings (SSSR count). The molecule has 3 heteroatoms. The van der Waals surface area contributed by atoms with E-state index in [1.54, 1.807) is 0 Å². The lowest BCUT2D eigenvalue weighted by Crippen LogP contribution is -2.20. The van der Waals surface area contributed by atoms with Gasteiger partial charge < -0.3 is 10.1 Å². The number of anilines is 1. The molecule has 1 N–H and O–H groups in total. The first-order chi connectivity index (χ1) is 9.78. The summed E-state index contributed by atoms with van der Waals surface area (Å²) in [7, 11) is 0. The Morgan fingerprint density at radius 2 is 1.75 bits per heavy atom. The average Bonchev–Trinajstić information content (AvgIpc) is 2.48. The number of nitrogens with one attached hydrogen (secondary N) is 1. The molecule has 0 aromatic heterocycles. The standard InChI is InChI=1S/C17H19NO2/c1-2-6-14-9-11-16(12-10-14)20-13-17(19)18-15-7-4-3-5-8-15/h3-5,7-12H,2,6,13H2,1H3,(H,18,19). The molecule has 0 aliphatic carbocycles. The molecule has 0 aliphatic rings. The zero-order chi connectivity index (χ0) is 14.2. The molecule has 20 heavy (non-hydrogen) atoms. The van der Waals surface area contributed by atoms with Gasteiger partial charge in [-0.05, 0) is 36.2 Å². The molecular weight excluding hydrogens is 250 g/mol. The predicted octanol–water partition coefficient (Wildman–Crippen LogP) is 3.66. The first-order valence-electron chi connectivity index (χ1n) is 6.84. The number of rotatable bonds is 6. The smallest absolute Gasteiger partial charge is 0.262 e. The summed E-state index contributed by atoms with van der Waals surface area (Å²) in [6.07, 6.45) is 2.19. The van der Waals surface area contributed by atoms with Gasteiger partial charge in [-0.2, -0.15) is 0 Å². The first-order valence-corrected chi connectivity index (χ1v) is 6.84. The normalized spacial score (nSPS) is 10.1. The quantitative estimate of drug-likeness (QED) is 0.869. The van der Waals surface area contributed by atoms with Crippen molar-refractivity contribution in [2.24, 2.45) is 0 Å². The number of hydrogen-bond donors (Lipinski definition) is 1. The predicted molar refractivity (Wildman–Crippen MR) is 81.0 cm³/mol. The van der Waals surface area contributed by atoms with Crippen molar-refractivity contribution in [2.75, 3.05) is 11.9 Å². The molecule has 0 saturated heterocycles. The lowest BCUT2D eigenvalue weighted by atomic mass is 10.1. The molecule has 2 aromatic rings. The van der Waals surface area contributed by atoms with Crippen molar-refractivity contribution in [3.63, 3.8) is 0 Å². The van der Waals surface area contributed by atoms with Crippen molar-refractivity contribution >= 4 is 11.6 Å². The van der Waals surface area contributed by atoms with Crippen molar-refractivity contribution in [1.29, 1.82) is 0 Å². The highest BCUT2D eigenvalue weighted by Gasteiger charge is 2.03. The topological polar surface area (TPSA) is 38.3 Å². The number of benzene rings is 2. The van der Waals surface area contributed by atoms with Gasteiger partial charge in [0.05, 0.1) is 0 Å². The highest BCUT2D eigenvalue weighted by molar-refractivity contribution is 5.91. The number of para-hydroxylation sites is 1. The van der Waals surface area contributed by atoms with Crippen LogP contribution in [0, 0.1) is 0 Å². The van der Waals surface area contributed by atoms with Crippen LogP contribution in [0.3, 0.4) is 0 Å². The number of hydrogen-bond acceptors (Lipinski definition) is 2. The van der Waals surface area contributed by atoms with E-state index >= 15 is 0 Å². The van der Waals surface area contributed by atoms with Crippen molar-refractivity contribution in [2.45, 2.75) is 19.8 Å². The van der Waals surface area contributed by atoms with Crippen LogP contribution in [-0.2, 0) is 11.2 Å². The third-order valence-electron chi connectivity index (χ3n) is 2.89. The molecule has 104 valence electrons. The van der Waals surface area contributed by atoms with Gasteiger partial charge in [0, 0.05) is 5.69 Å². The fourth-order valence-corrected chi connectivity index (χ4v) is 1.91. The van der Waals surface area contributed by atoms with Crippen LogP contribution in [0.4, 0.5) is 5.69 Å². The average molecular weight is 269 g/mol. The maximum absolute atomic E-state index is 11.7. The molecule has 2 aromatic carbocycles. The van der Waals surface area contributed by atoms with E-state index in [4.69, 9.17) is 4.74 Å². The molecular formula is C17H19NO2. The second-order valence-electron chi connectivity index (χ2n) is 4.60. The second-order valence-corrected chi connectivity index (χ2v) is 4.60. The molecule has 0 saturated carbocycles. The maximum Gasteiger partial charge on any atom is 0.262 e. The molecule has 1 amide bonds. The Labute approximate surface area is 119 Å². The summed E-state index contributed by atoms with van der Waals surface area (Å²) >= 11 is 0. The van der Waals surface area contributed by atoms with Crippen LogP contribution in [0.15, 0.2) is 54.6 Å². The Balaban J connectivity index is 1.81. The molecule has 0 aliphatic heterocycles. The van der Waals surface area contributed by atoms with Crippen molar-refractivity contribution < 1.29 is 9.53 Å². The van der Waals surface area contributed by atoms with Gasteiger partial charge in [0.25, 0.3) is 5.91 Å². The molecule has 0 unspecified atom stereocenters. The van der Waals surface area contributed by atoms with Crippen LogP contribution in [0.5, 0.6) is 5.75 Å². The molecule has 3 nitrogen and oxygen atoms in total. The van der Waals surface area contributed by atoms with Gasteiger partial charge in [0.2, 0.25) is 0 Å². The monoisotopic (exact) mass is 269 g/mol. The first kappa shape index (κ1) is 14.1. The Morgan fingerprint density at radius 3 is 2.40 bits per heavy atom. The van der Waals surface area contributed by atoms with Crippen molar-refractivity contribution in [3.8, 4) is 5.75 Å². The molecule has 0 atom stereocenters. The van der Waals surface area contributed by atoms with E-state index in [2.05, 4.69) is 12.2 Å². The van der Waals surface area contributed by atoms with E-state index in [1.807, 2.05) is 54.6 Å². The fourth-order valence-electron chi connectivity index (χ4n) is 1.91. The Kier molecular flexibility index (Phi) is 5.18. The van der Waals surface area contributed by atoms with Gasteiger partial charge in [-0.1, -0.05) is 43.7 Å². The molecule has 0 bridgehead atoms. The van der Waals surface area contributed by atoms with Gasteiger partial charge in [-0.3, -0.25) is 4.79 Å². The van der Waals surface area contributed by atoms with Gasteiger partial charge in [-0.15, -0.1) is 0 Å². The lowest BCUT2D eigenvalue weighted by Gasteiger charge is -2.08. The molecule has 0 spiro atoms. The van der Waals surface area contributed by atoms with Gasteiger partial charge in [0.1, 0.15) is 5.75 Å². The third kappa shape index (κ3) is 4.43. The zero-order valence-electron chi connectivity index (χ0n) is 11.6. The lowest BCUT2D eigenvalue weighted by molar-refractivity contribution is -0.118. The number of carbonyl (C=O) groups excluding carboxylic acids is 1. The minimum Gasteiger partial charge on any atom is -0.484 e. The molecule has 0 radical (unpaired) electrons. The highest BCUT2D eigenvalue weighted by atomic mass is 16.5. The maximum atomic E-state index is 11.7. The number of aryl methyl sites for hydroxylation is 1. The van der Waals surface area contributed by atoms with Crippen LogP contribution >= 0.6 is 0 Å². The summed E-state index contributed by atoms with van der Waals surface area (Å²) in [6.45, 7) is 2.17. The SMILES string of the molecule is CCCc1ccc(OCC(=O)Nc2ccccc2)cc1. The molecule has 0 heterocycles. The van der Waals surface area contributed by atoms with E-state index < -0.39 is 0 Å². The third-order valence-corrected chi connectivity index (χ3v) is 2.89. The number of carbonyl (C=O) groups is 1. The van der Waals surface area contributed by atoms with Gasteiger partial charge >= 0.3 is 0 Å². The van der Waals surface area contributed by atoms with Crippen molar-refractivity contribution in [1.82, 2.24) is 0 Å². The Morgan fingerprint density at radius 1 is 1.05 bits per heavy atom. The van der Waals surface area contributed by atoms with Crippen LogP contribution in [0.2, 0.25) is 0 Å². The Bertz CT molecular complexity index is 535. The summed E-state index contributed by atoms with van der Waals surface area (Å²) in [5.41, 5.74) is 2.06. The summed E-state index contributed by atoms with van der Waals surface area (Å²) in [4.78, 5) is 11.7. The largest absolute Gasteiger partial charge is 0.484 e. The molecule has 0 fully saturated rings. The van der Waals surface area contributed by atoms with Crippen LogP contribution in [0.1, 0.15) is 18.9 Å². The van der Waals surface area contributed by atoms with E-state index in [0.717, 1.165) is 18.5 Å². The van der Waals surface area contributed by atoms with Gasteiger partial charge in [0.15, 0.2) is 6.61 Å². The van der Waals surface area contributed by atoms with Crippen LogP contribution in [0.25, 0.3) is 0 Å². The Hall–Kier alpha value is -2.29. The van der Waals surface area contributed by atoms with Crippen LogP contribution in [-0.4, -0.2) is 12.5 Å². The van der Waals surface area contributed by atoms with Gasteiger partial charge in [-0.25, -0.2) is 0 Å². The van der Waals surface area contributed by atoms with Crippen LogP contribution < -0.4 is 10.1 Å². The van der Waals surface area contributed by atoms with E-state index in [-0.39, 0.29) is 12.5 Å². The fraction of sp³-hybridized carbons (Fsp3) is 0.235. The van der Waals surface area contributed by atoms with E-state index in [1.165, 1.54) is 5.56 Å². The summed E-state index contributed by atoms with van der Waals surface area (Å²) < 4.78 is 5.46. The summed E-state index contributed by atoms with van der Waals surface area (Å²) in [6, 6.07) is 17.2. The highest BCUT2D eigenvalue weighted by Crippen LogP contribution is 2.13. The summed E-state index contributed by atoms with van der Waals surface area (Å²) in [5.74, 6) is 0.557. The minimum atomic E-state index is -0.158. The number of ether oxygens (including phenoxy) is 1. The van der Waals surface area contributed by atoms with Crippen molar-refractivity contribution in [3.05, 3.63) is 60.2 Å². The van der Waals surface area contributed by atoms with E-state index in [0.29, 0.717) is 5.75 Å². The zero-order valence-corrected chi connectivity index (χ0v) is 11.6.